The van der Waals surface area contributed by atoms with Gasteiger partial charge in [-0.15, -0.1) is 11.8 Å². The Morgan fingerprint density at radius 1 is 1.50 bits per heavy atom. The van der Waals surface area contributed by atoms with Crippen LogP contribution < -0.4 is 0 Å². The Labute approximate surface area is 111 Å². The first-order valence-corrected chi connectivity index (χ1v) is 7.13. The maximum Gasteiger partial charge on any atom is 0.254 e. The van der Waals surface area contributed by atoms with Gasteiger partial charge >= 0.3 is 0 Å². The van der Waals surface area contributed by atoms with Crippen molar-refractivity contribution in [1.29, 1.82) is 0 Å². The third-order valence-corrected chi connectivity index (χ3v) is 3.71. The second-order valence-corrected chi connectivity index (χ2v) is 5.03. The summed E-state index contributed by atoms with van der Waals surface area (Å²) in [5.41, 5.74) is 0.686. The van der Waals surface area contributed by atoms with Crippen molar-refractivity contribution in [3.05, 3.63) is 29.8 Å². The van der Waals surface area contributed by atoms with Gasteiger partial charge in [0.25, 0.3) is 5.91 Å². The van der Waals surface area contributed by atoms with Crippen molar-refractivity contribution in [3.8, 4) is 0 Å². The van der Waals surface area contributed by atoms with Crippen molar-refractivity contribution in [3.63, 3.8) is 0 Å². The Hall–Kier alpha value is -1.04. The maximum absolute atomic E-state index is 12.2. The highest BCUT2D eigenvalue weighted by atomic mass is 32.2. The molecular formula is C13H17NO3S. The molecule has 0 aromatic heterocycles. The number of hydrogen-bond acceptors (Lipinski definition) is 4. The lowest BCUT2D eigenvalue weighted by Gasteiger charge is -2.32. The van der Waals surface area contributed by atoms with Gasteiger partial charge in [-0.1, -0.05) is 0 Å². The number of hydrogen-bond donors (Lipinski definition) is 1. The fourth-order valence-electron chi connectivity index (χ4n) is 1.93. The third kappa shape index (κ3) is 3.04. The van der Waals surface area contributed by atoms with Crippen molar-refractivity contribution in [2.45, 2.75) is 11.0 Å². The number of aliphatic hydroxyl groups is 1. The van der Waals surface area contributed by atoms with Gasteiger partial charge in [-0.2, -0.15) is 0 Å². The normalized spacial score (nSPS) is 19.9. The summed E-state index contributed by atoms with van der Waals surface area (Å²) in [6, 6.07) is 7.58. The minimum Gasteiger partial charge on any atom is -0.394 e. The molecule has 0 radical (unpaired) electrons. The Kier molecular flexibility index (Phi) is 4.63. The molecule has 98 valence electrons. The van der Waals surface area contributed by atoms with Crippen LogP contribution in [-0.4, -0.2) is 54.6 Å². The van der Waals surface area contributed by atoms with Crippen LogP contribution in [0.3, 0.4) is 0 Å². The smallest absolute Gasteiger partial charge is 0.254 e. The molecule has 5 heteroatoms. The predicted molar refractivity (Wildman–Crippen MR) is 71.0 cm³/mol. The molecule has 1 N–H and O–H groups in total. The van der Waals surface area contributed by atoms with Crippen LogP contribution in [0.5, 0.6) is 0 Å². The lowest BCUT2D eigenvalue weighted by molar-refractivity contribution is -0.0447. The van der Waals surface area contributed by atoms with Gasteiger partial charge < -0.3 is 14.7 Å². The first-order chi connectivity index (χ1) is 8.74. The fourth-order valence-corrected chi connectivity index (χ4v) is 2.34. The summed E-state index contributed by atoms with van der Waals surface area (Å²) in [7, 11) is 0. The number of ether oxygens (including phenoxy) is 1. The molecule has 0 aliphatic carbocycles. The summed E-state index contributed by atoms with van der Waals surface area (Å²) in [4.78, 5) is 15.1. The summed E-state index contributed by atoms with van der Waals surface area (Å²) in [6.45, 7) is 1.48. The largest absolute Gasteiger partial charge is 0.394 e. The Balaban J connectivity index is 2.05. The summed E-state index contributed by atoms with van der Waals surface area (Å²) < 4.78 is 5.33. The lowest BCUT2D eigenvalue weighted by Crippen LogP contribution is -2.46. The molecule has 0 spiro atoms. The van der Waals surface area contributed by atoms with Gasteiger partial charge in [-0.05, 0) is 30.5 Å². The number of benzene rings is 1. The van der Waals surface area contributed by atoms with Gasteiger partial charge in [0.1, 0.15) is 0 Å². The summed E-state index contributed by atoms with van der Waals surface area (Å²) in [6.07, 6.45) is 1.75. The van der Waals surface area contributed by atoms with E-state index < -0.39 is 0 Å². The van der Waals surface area contributed by atoms with Crippen molar-refractivity contribution in [1.82, 2.24) is 4.90 Å². The van der Waals surface area contributed by atoms with E-state index in [4.69, 9.17) is 9.84 Å². The van der Waals surface area contributed by atoms with Crippen LogP contribution in [0, 0.1) is 0 Å². The molecule has 1 unspecified atom stereocenters. The van der Waals surface area contributed by atoms with Gasteiger partial charge in [-0.25, -0.2) is 0 Å². The predicted octanol–water partition coefficient (Wildman–Crippen LogP) is 1.24. The van der Waals surface area contributed by atoms with Crippen LogP contribution in [0.25, 0.3) is 0 Å². The second kappa shape index (κ2) is 6.22. The molecule has 1 aromatic rings. The number of amides is 1. The van der Waals surface area contributed by atoms with E-state index in [0.29, 0.717) is 25.3 Å². The number of nitrogens with zero attached hydrogens (tertiary/aromatic N) is 1. The SMILES string of the molecule is CSc1ccc(C(=O)N2CCOC(CO)C2)cc1. The van der Waals surface area contributed by atoms with Crippen molar-refractivity contribution in [2.75, 3.05) is 32.6 Å². The molecule has 0 saturated carbocycles. The molecular weight excluding hydrogens is 250 g/mol. The number of aliphatic hydroxyl groups excluding tert-OH is 1. The highest BCUT2D eigenvalue weighted by Gasteiger charge is 2.24. The fraction of sp³-hybridized carbons (Fsp3) is 0.462. The van der Waals surface area contributed by atoms with E-state index in [2.05, 4.69) is 0 Å². The monoisotopic (exact) mass is 267 g/mol. The average molecular weight is 267 g/mol. The molecule has 1 aliphatic rings. The van der Waals surface area contributed by atoms with Gasteiger partial charge in [-0.3, -0.25) is 4.79 Å². The summed E-state index contributed by atoms with van der Waals surface area (Å²) in [5.74, 6) is 0.00408. The van der Waals surface area contributed by atoms with Crippen molar-refractivity contribution >= 4 is 17.7 Å². The van der Waals surface area contributed by atoms with Gasteiger partial charge in [0, 0.05) is 23.5 Å². The molecule has 4 nitrogen and oxygen atoms in total. The molecule has 1 fully saturated rings. The topological polar surface area (TPSA) is 49.8 Å². The van der Waals surface area contributed by atoms with Gasteiger partial charge in [0.15, 0.2) is 0 Å². The highest BCUT2D eigenvalue weighted by Crippen LogP contribution is 2.17. The minimum absolute atomic E-state index is 0.00408. The van der Waals surface area contributed by atoms with Crippen LogP contribution in [0.4, 0.5) is 0 Å². The van der Waals surface area contributed by atoms with E-state index in [1.165, 1.54) is 0 Å². The molecule has 1 aliphatic heterocycles. The zero-order chi connectivity index (χ0) is 13.0. The van der Waals surface area contributed by atoms with E-state index in [1.807, 2.05) is 30.5 Å². The van der Waals surface area contributed by atoms with Gasteiger partial charge in [0.2, 0.25) is 0 Å². The van der Waals surface area contributed by atoms with E-state index in [1.54, 1.807) is 16.7 Å². The Morgan fingerprint density at radius 2 is 2.22 bits per heavy atom. The van der Waals surface area contributed by atoms with E-state index in [-0.39, 0.29) is 18.6 Å². The van der Waals surface area contributed by atoms with Crippen LogP contribution in [0.15, 0.2) is 29.2 Å². The molecule has 1 heterocycles. The van der Waals surface area contributed by atoms with E-state index in [9.17, 15) is 4.79 Å². The van der Waals surface area contributed by atoms with E-state index >= 15 is 0 Å². The van der Waals surface area contributed by atoms with Crippen LogP contribution in [0.1, 0.15) is 10.4 Å². The van der Waals surface area contributed by atoms with Crippen molar-refractivity contribution < 1.29 is 14.6 Å². The minimum atomic E-state index is -0.256. The number of carbonyl (C=O) groups excluding carboxylic acids is 1. The number of carbonyl (C=O) groups is 1. The zero-order valence-corrected chi connectivity index (χ0v) is 11.2. The maximum atomic E-state index is 12.2. The molecule has 1 saturated heterocycles. The molecule has 1 atom stereocenters. The first kappa shape index (κ1) is 13.4. The van der Waals surface area contributed by atoms with E-state index in [0.717, 1.165) is 4.90 Å². The molecule has 0 bridgehead atoms. The quantitative estimate of drug-likeness (QED) is 0.837. The first-order valence-electron chi connectivity index (χ1n) is 5.90. The number of rotatable bonds is 3. The Morgan fingerprint density at radius 3 is 2.83 bits per heavy atom. The van der Waals surface area contributed by atoms with Crippen LogP contribution in [0.2, 0.25) is 0 Å². The molecule has 1 amide bonds. The van der Waals surface area contributed by atoms with Gasteiger partial charge in [0.05, 0.1) is 19.3 Å². The standard InChI is InChI=1S/C13H17NO3S/c1-18-12-4-2-10(3-5-12)13(16)14-6-7-17-11(8-14)9-15/h2-5,11,15H,6-9H2,1H3. The molecule has 1 aromatic carbocycles. The average Bonchev–Trinajstić information content (AvgIpc) is 2.46. The Bertz CT molecular complexity index is 407. The molecule has 2 rings (SSSR count). The summed E-state index contributed by atoms with van der Waals surface area (Å²) >= 11 is 1.65. The lowest BCUT2D eigenvalue weighted by atomic mass is 10.2. The molecule has 18 heavy (non-hydrogen) atoms. The van der Waals surface area contributed by atoms with Crippen LogP contribution >= 0.6 is 11.8 Å². The third-order valence-electron chi connectivity index (χ3n) is 2.97. The second-order valence-electron chi connectivity index (χ2n) is 4.16. The van der Waals surface area contributed by atoms with Crippen LogP contribution in [-0.2, 0) is 4.74 Å². The zero-order valence-electron chi connectivity index (χ0n) is 10.3. The van der Waals surface area contributed by atoms with Crippen molar-refractivity contribution in [2.24, 2.45) is 0 Å². The number of thioether (sulfide) groups is 1. The summed E-state index contributed by atoms with van der Waals surface area (Å²) in [5, 5.41) is 9.06. The highest BCUT2D eigenvalue weighted by molar-refractivity contribution is 7.98. The number of morpholine rings is 1.